The molecule has 0 aromatic carbocycles. The number of hydrogen-bond acceptors (Lipinski definition) is 2. The SMILES string of the molecule is O=C1[C@@H]2C[C@@H](C(=O)N3CCCC[C@@H]23)[C@H]2CCCCN12. The third-order valence-electron chi connectivity index (χ3n) is 5.74. The van der Waals surface area contributed by atoms with Gasteiger partial charge in [0, 0.05) is 25.2 Å². The number of hydrogen-bond donors (Lipinski definition) is 0. The number of carbonyl (C=O) groups excluding carboxylic acids is 2. The lowest BCUT2D eigenvalue weighted by atomic mass is 9.70. The highest BCUT2D eigenvalue weighted by atomic mass is 16.2. The fourth-order valence-electron chi connectivity index (χ4n) is 4.84. The van der Waals surface area contributed by atoms with Gasteiger partial charge in [-0.25, -0.2) is 0 Å². The second-order valence-corrected chi connectivity index (χ2v) is 6.64. The summed E-state index contributed by atoms with van der Waals surface area (Å²) in [6.07, 6.45) is 7.48. The minimum absolute atomic E-state index is 0.109. The average Bonchev–Trinajstić information content (AvgIpc) is 2.47. The second kappa shape index (κ2) is 4.22. The van der Waals surface area contributed by atoms with Gasteiger partial charge >= 0.3 is 0 Å². The summed E-state index contributed by atoms with van der Waals surface area (Å²) < 4.78 is 0. The van der Waals surface area contributed by atoms with Crippen LogP contribution in [-0.2, 0) is 9.59 Å². The Morgan fingerprint density at radius 3 is 1.68 bits per heavy atom. The van der Waals surface area contributed by atoms with Crippen LogP contribution in [0, 0.1) is 11.8 Å². The first kappa shape index (κ1) is 11.7. The molecule has 2 bridgehead atoms. The van der Waals surface area contributed by atoms with Crippen LogP contribution in [0.3, 0.4) is 0 Å². The van der Waals surface area contributed by atoms with Gasteiger partial charge in [-0.05, 0) is 44.9 Å². The van der Waals surface area contributed by atoms with Crippen LogP contribution in [0.2, 0.25) is 0 Å². The molecule has 0 radical (unpaired) electrons. The minimum atomic E-state index is 0.109. The largest absolute Gasteiger partial charge is 0.339 e. The van der Waals surface area contributed by atoms with Crippen LogP contribution in [0.5, 0.6) is 0 Å². The van der Waals surface area contributed by atoms with E-state index in [0.29, 0.717) is 11.8 Å². The van der Waals surface area contributed by atoms with E-state index in [1.54, 1.807) is 0 Å². The molecular weight excluding hydrogens is 240 g/mol. The number of rotatable bonds is 0. The van der Waals surface area contributed by atoms with Crippen LogP contribution in [0.25, 0.3) is 0 Å². The van der Waals surface area contributed by atoms with Gasteiger partial charge in [-0.3, -0.25) is 9.59 Å². The summed E-state index contributed by atoms with van der Waals surface area (Å²) >= 11 is 0. The van der Waals surface area contributed by atoms with Gasteiger partial charge in [0.05, 0.1) is 11.8 Å². The fraction of sp³-hybridized carbons (Fsp3) is 0.867. The maximum Gasteiger partial charge on any atom is 0.228 e. The Balaban J connectivity index is 1.70. The maximum atomic E-state index is 12.7. The minimum Gasteiger partial charge on any atom is -0.339 e. The summed E-state index contributed by atoms with van der Waals surface area (Å²) in [6, 6.07) is 0.431. The highest BCUT2D eigenvalue weighted by molar-refractivity contribution is 5.89. The van der Waals surface area contributed by atoms with Crippen molar-refractivity contribution < 1.29 is 9.59 Å². The van der Waals surface area contributed by atoms with Crippen molar-refractivity contribution in [1.29, 1.82) is 0 Å². The third-order valence-corrected chi connectivity index (χ3v) is 5.74. The van der Waals surface area contributed by atoms with Gasteiger partial charge in [-0.15, -0.1) is 0 Å². The maximum absolute atomic E-state index is 12.7. The van der Waals surface area contributed by atoms with Crippen LogP contribution in [0.1, 0.15) is 44.9 Å². The average molecular weight is 262 g/mol. The molecule has 0 spiro atoms. The lowest BCUT2D eigenvalue weighted by molar-refractivity contribution is -0.170. The van der Waals surface area contributed by atoms with Gasteiger partial charge in [0.25, 0.3) is 0 Å². The standard InChI is InChI=1S/C15H22N2O2/c18-14-10-9-11(13-6-2-4-8-17(13)14)15(19)16-7-3-1-5-12(10)16/h10-13H,1-9H2/t10-,11-,12-,13+/m1/s1. The molecule has 4 nitrogen and oxygen atoms in total. The lowest BCUT2D eigenvalue weighted by Gasteiger charge is -2.55. The molecule has 4 aliphatic rings. The Morgan fingerprint density at radius 1 is 0.737 bits per heavy atom. The smallest absolute Gasteiger partial charge is 0.228 e. The Bertz CT molecular complexity index is 384. The van der Waals surface area contributed by atoms with Gasteiger partial charge in [-0.2, -0.15) is 0 Å². The number of fused-ring (bicyclic) bond motifs is 6. The summed E-state index contributed by atoms with van der Waals surface area (Å²) in [6.45, 7) is 1.77. The van der Waals surface area contributed by atoms with Crippen LogP contribution in [0.4, 0.5) is 0 Å². The molecule has 0 aromatic heterocycles. The monoisotopic (exact) mass is 262 g/mol. The van der Waals surface area contributed by atoms with Crippen molar-refractivity contribution in [2.45, 2.75) is 57.0 Å². The molecule has 0 saturated carbocycles. The first-order valence-corrected chi connectivity index (χ1v) is 7.88. The molecule has 4 rings (SSSR count). The van der Waals surface area contributed by atoms with E-state index in [0.717, 1.165) is 45.2 Å². The van der Waals surface area contributed by atoms with Crippen molar-refractivity contribution in [2.24, 2.45) is 11.8 Å². The molecule has 104 valence electrons. The summed E-state index contributed by atoms with van der Waals surface area (Å²) in [5.74, 6) is 0.922. The van der Waals surface area contributed by atoms with Gasteiger partial charge in [0.15, 0.2) is 0 Å². The second-order valence-electron chi connectivity index (χ2n) is 6.64. The number of piperidine rings is 4. The van der Waals surface area contributed by atoms with Gasteiger partial charge in [-0.1, -0.05) is 0 Å². The van der Waals surface area contributed by atoms with Crippen LogP contribution in [0.15, 0.2) is 0 Å². The van der Waals surface area contributed by atoms with Gasteiger partial charge < -0.3 is 9.80 Å². The predicted molar refractivity (Wildman–Crippen MR) is 70.3 cm³/mol. The van der Waals surface area contributed by atoms with Crippen molar-refractivity contribution in [3.63, 3.8) is 0 Å². The first-order valence-electron chi connectivity index (χ1n) is 7.88. The molecule has 0 aromatic rings. The van der Waals surface area contributed by atoms with Crippen molar-refractivity contribution in [1.82, 2.24) is 9.80 Å². The Kier molecular flexibility index (Phi) is 2.61. The molecule has 4 fully saturated rings. The first-order chi connectivity index (χ1) is 9.27. The predicted octanol–water partition coefficient (Wildman–Crippen LogP) is 1.40. The summed E-state index contributed by atoms with van der Waals surface area (Å²) in [7, 11) is 0. The molecule has 2 amide bonds. The van der Waals surface area contributed by atoms with E-state index < -0.39 is 0 Å². The summed E-state index contributed by atoms with van der Waals surface area (Å²) in [4.78, 5) is 29.6. The highest BCUT2D eigenvalue weighted by Crippen LogP contribution is 2.43. The molecule has 4 atom stereocenters. The van der Waals surface area contributed by atoms with Crippen molar-refractivity contribution in [3.05, 3.63) is 0 Å². The molecule has 4 heterocycles. The summed E-state index contributed by atoms with van der Waals surface area (Å²) in [5.41, 5.74) is 0. The molecule has 0 aliphatic carbocycles. The molecule has 0 N–H and O–H groups in total. The zero-order chi connectivity index (χ0) is 13.0. The quantitative estimate of drug-likeness (QED) is 0.662. The van der Waals surface area contributed by atoms with Crippen molar-refractivity contribution in [2.75, 3.05) is 13.1 Å². The molecule has 4 heteroatoms. The number of nitrogens with zero attached hydrogens (tertiary/aromatic N) is 2. The van der Waals surface area contributed by atoms with E-state index in [-0.39, 0.29) is 23.9 Å². The Labute approximate surface area is 114 Å². The van der Waals surface area contributed by atoms with Gasteiger partial charge in [0.2, 0.25) is 11.8 Å². The zero-order valence-corrected chi connectivity index (χ0v) is 11.4. The molecule has 4 saturated heterocycles. The van der Waals surface area contributed by atoms with E-state index in [2.05, 4.69) is 9.80 Å². The zero-order valence-electron chi connectivity index (χ0n) is 11.4. The lowest BCUT2D eigenvalue weighted by Crippen LogP contribution is -2.67. The molecular formula is C15H22N2O2. The summed E-state index contributed by atoms with van der Waals surface area (Å²) in [5, 5.41) is 0. The fourth-order valence-corrected chi connectivity index (χ4v) is 4.84. The van der Waals surface area contributed by atoms with E-state index in [9.17, 15) is 9.59 Å². The van der Waals surface area contributed by atoms with E-state index in [4.69, 9.17) is 0 Å². The third kappa shape index (κ3) is 1.58. The number of amides is 2. The van der Waals surface area contributed by atoms with Crippen LogP contribution < -0.4 is 0 Å². The molecule has 19 heavy (non-hydrogen) atoms. The van der Waals surface area contributed by atoms with Gasteiger partial charge in [0.1, 0.15) is 0 Å². The Hall–Kier alpha value is -1.06. The van der Waals surface area contributed by atoms with Crippen LogP contribution >= 0.6 is 0 Å². The van der Waals surface area contributed by atoms with Crippen molar-refractivity contribution in [3.8, 4) is 0 Å². The van der Waals surface area contributed by atoms with E-state index >= 15 is 0 Å². The molecule has 4 aliphatic heterocycles. The highest BCUT2D eigenvalue weighted by Gasteiger charge is 2.54. The van der Waals surface area contributed by atoms with Crippen LogP contribution in [-0.4, -0.2) is 46.8 Å². The van der Waals surface area contributed by atoms with E-state index in [1.165, 1.54) is 12.8 Å². The normalized spacial score (nSPS) is 41.9. The number of carbonyl (C=O) groups is 2. The van der Waals surface area contributed by atoms with E-state index in [1.807, 2.05) is 0 Å². The van der Waals surface area contributed by atoms with Crippen molar-refractivity contribution >= 4 is 11.8 Å². The topological polar surface area (TPSA) is 40.6 Å². The Morgan fingerprint density at radius 2 is 1.21 bits per heavy atom. The molecule has 0 unspecified atom stereocenters.